The smallest absolute Gasteiger partial charge is 0.336 e. The lowest BCUT2D eigenvalue weighted by Crippen LogP contribution is -2.48. The van der Waals surface area contributed by atoms with Crippen molar-refractivity contribution >= 4 is 5.97 Å². The van der Waals surface area contributed by atoms with Gasteiger partial charge >= 0.3 is 5.97 Å². The Bertz CT molecular complexity index is 291. The molecule has 110 valence electrons. The van der Waals surface area contributed by atoms with Gasteiger partial charge in [-0.05, 0) is 12.3 Å². The average molecular weight is 271 g/mol. The molecule has 2 aliphatic rings. The van der Waals surface area contributed by atoms with Crippen molar-refractivity contribution in [3.05, 3.63) is 0 Å². The Morgan fingerprint density at radius 3 is 2.89 bits per heavy atom. The number of nitrogens with zero attached hydrogens (tertiary/aromatic N) is 1. The van der Waals surface area contributed by atoms with E-state index in [-0.39, 0.29) is 12.1 Å². The van der Waals surface area contributed by atoms with Crippen molar-refractivity contribution in [2.24, 2.45) is 5.92 Å². The maximum Gasteiger partial charge on any atom is 0.336 e. The summed E-state index contributed by atoms with van der Waals surface area (Å²) in [6, 6.07) is 0. The van der Waals surface area contributed by atoms with Gasteiger partial charge in [0.15, 0.2) is 6.10 Å². The Kier molecular flexibility index (Phi) is 5.60. The zero-order chi connectivity index (χ0) is 13.7. The van der Waals surface area contributed by atoms with Crippen LogP contribution in [-0.2, 0) is 14.3 Å². The van der Waals surface area contributed by atoms with Gasteiger partial charge in [0.2, 0.25) is 0 Å². The van der Waals surface area contributed by atoms with Crippen LogP contribution in [0.15, 0.2) is 0 Å². The fourth-order valence-electron chi connectivity index (χ4n) is 3.15. The van der Waals surface area contributed by atoms with Crippen molar-refractivity contribution in [3.63, 3.8) is 0 Å². The van der Waals surface area contributed by atoms with Crippen molar-refractivity contribution < 1.29 is 19.4 Å². The standard InChI is InChI=1S/C14H25NO4/c1-18-14(17)13-10-15(6-7-19-13)9-12(16)8-11-4-2-3-5-11/h11-13,16H,2-10H2,1H3. The zero-order valence-corrected chi connectivity index (χ0v) is 11.7. The van der Waals surface area contributed by atoms with Crippen LogP contribution in [0.5, 0.6) is 0 Å². The summed E-state index contributed by atoms with van der Waals surface area (Å²) in [4.78, 5) is 13.5. The monoisotopic (exact) mass is 271 g/mol. The summed E-state index contributed by atoms with van der Waals surface area (Å²) < 4.78 is 10.1. The van der Waals surface area contributed by atoms with Crippen LogP contribution in [0.2, 0.25) is 0 Å². The molecule has 0 aromatic carbocycles. The minimum Gasteiger partial charge on any atom is -0.467 e. The number of ether oxygens (including phenoxy) is 2. The lowest BCUT2D eigenvalue weighted by Gasteiger charge is -2.33. The zero-order valence-electron chi connectivity index (χ0n) is 11.7. The molecule has 0 aromatic rings. The van der Waals surface area contributed by atoms with Crippen molar-refractivity contribution in [1.82, 2.24) is 4.90 Å². The van der Waals surface area contributed by atoms with E-state index in [2.05, 4.69) is 4.90 Å². The maximum atomic E-state index is 11.4. The van der Waals surface area contributed by atoms with Crippen molar-refractivity contribution in [3.8, 4) is 0 Å². The molecule has 1 heterocycles. The molecule has 2 atom stereocenters. The Hall–Kier alpha value is -0.650. The second-order valence-corrected chi connectivity index (χ2v) is 5.68. The fourth-order valence-corrected chi connectivity index (χ4v) is 3.15. The van der Waals surface area contributed by atoms with E-state index in [4.69, 9.17) is 9.47 Å². The van der Waals surface area contributed by atoms with Gasteiger partial charge in [-0.1, -0.05) is 25.7 Å². The van der Waals surface area contributed by atoms with E-state index in [1.165, 1.54) is 32.8 Å². The highest BCUT2D eigenvalue weighted by Gasteiger charge is 2.29. The highest BCUT2D eigenvalue weighted by molar-refractivity contribution is 5.74. The molecule has 2 rings (SSSR count). The topological polar surface area (TPSA) is 59.0 Å². The van der Waals surface area contributed by atoms with Crippen LogP contribution in [0, 0.1) is 5.92 Å². The molecule has 1 aliphatic carbocycles. The van der Waals surface area contributed by atoms with Gasteiger partial charge in [-0.25, -0.2) is 4.79 Å². The summed E-state index contributed by atoms with van der Waals surface area (Å²) in [5.74, 6) is 0.363. The summed E-state index contributed by atoms with van der Waals surface area (Å²) in [7, 11) is 1.37. The normalized spacial score (nSPS) is 27.4. The molecule has 0 amide bonds. The molecular weight excluding hydrogens is 246 g/mol. The average Bonchev–Trinajstić information content (AvgIpc) is 2.90. The maximum absolute atomic E-state index is 11.4. The van der Waals surface area contributed by atoms with Gasteiger partial charge in [0, 0.05) is 19.6 Å². The lowest BCUT2D eigenvalue weighted by molar-refractivity contribution is -0.160. The van der Waals surface area contributed by atoms with E-state index in [1.54, 1.807) is 0 Å². The van der Waals surface area contributed by atoms with Crippen LogP contribution >= 0.6 is 0 Å². The molecule has 1 N–H and O–H groups in total. The van der Waals surface area contributed by atoms with Gasteiger partial charge in [-0.15, -0.1) is 0 Å². The van der Waals surface area contributed by atoms with E-state index in [9.17, 15) is 9.90 Å². The highest BCUT2D eigenvalue weighted by atomic mass is 16.6. The van der Waals surface area contributed by atoms with E-state index < -0.39 is 6.10 Å². The third-order valence-electron chi connectivity index (χ3n) is 4.16. The van der Waals surface area contributed by atoms with Crippen LogP contribution in [0.4, 0.5) is 0 Å². The largest absolute Gasteiger partial charge is 0.467 e. The summed E-state index contributed by atoms with van der Waals surface area (Å²) in [5, 5.41) is 10.1. The molecule has 0 spiro atoms. The van der Waals surface area contributed by atoms with Crippen LogP contribution in [-0.4, -0.2) is 61.5 Å². The predicted molar refractivity (Wildman–Crippen MR) is 70.8 cm³/mol. The number of rotatable bonds is 5. The fraction of sp³-hybridized carbons (Fsp3) is 0.929. The third-order valence-corrected chi connectivity index (χ3v) is 4.16. The van der Waals surface area contributed by atoms with Crippen molar-refractivity contribution in [2.45, 2.75) is 44.3 Å². The third kappa shape index (κ3) is 4.44. The summed E-state index contributed by atoms with van der Waals surface area (Å²) >= 11 is 0. The molecule has 0 radical (unpaired) electrons. The first-order chi connectivity index (χ1) is 9.19. The molecule has 1 aliphatic heterocycles. The minimum atomic E-state index is -0.502. The van der Waals surface area contributed by atoms with Crippen LogP contribution in [0.1, 0.15) is 32.1 Å². The van der Waals surface area contributed by atoms with Crippen molar-refractivity contribution in [2.75, 3.05) is 33.4 Å². The number of carbonyl (C=O) groups is 1. The molecule has 2 unspecified atom stereocenters. The number of esters is 1. The van der Waals surface area contributed by atoms with Gasteiger partial charge in [-0.3, -0.25) is 4.90 Å². The van der Waals surface area contributed by atoms with Gasteiger partial charge in [0.25, 0.3) is 0 Å². The molecule has 5 heteroatoms. The summed E-state index contributed by atoms with van der Waals surface area (Å²) in [5.41, 5.74) is 0. The van der Waals surface area contributed by atoms with E-state index in [0.717, 1.165) is 13.0 Å². The van der Waals surface area contributed by atoms with Gasteiger partial charge in [0.1, 0.15) is 0 Å². The Morgan fingerprint density at radius 1 is 1.47 bits per heavy atom. The van der Waals surface area contributed by atoms with Crippen LogP contribution in [0.25, 0.3) is 0 Å². The minimum absolute atomic E-state index is 0.292. The predicted octanol–water partition coefficient (Wildman–Crippen LogP) is 0.801. The van der Waals surface area contributed by atoms with E-state index in [1.807, 2.05) is 0 Å². The Balaban J connectivity index is 1.73. The number of carbonyl (C=O) groups excluding carboxylic acids is 1. The van der Waals surface area contributed by atoms with Crippen molar-refractivity contribution in [1.29, 1.82) is 0 Å². The molecule has 1 saturated heterocycles. The summed E-state index contributed by atoms with van der Waals surface area (Å²) in [6.45, 7) is 2.45. The van der Waals surface area contributed by atoms with Crippen LogP contribution < -0.4 is 0 Å². The quantitative estimate of drug-likeness (QED) is 0.750. The van der Waals surface area contributed by atoms with Crippen LogP contribution in [0.3, 0.4) is 0 Å². The summed E-state index contributed by atoms with van der Waals surface area (Å²) in [6.07, 6.45) is 5.21. The number of morpholine rings is 1. The number of hydrogen-bond donors (Lipinski definition) is 1. The Labute approximate surface area is 114 Å². The highest BCUT2D eigenvalue weighted by Crippen LogP contribution is 2.28. The first-order valence-corrected chi connectivity index (χ1v) is 7.29. The molecule has 1 saturated carbocycles. The first-order valence-electron chi connectivity index (χ1n) is 7.29. The first kappa shape index (κ1) is 14.8. The SMILES string of the molecule is COC(=O)C1CN(CC(O)CC2CCCC2)CCO1. The molecule has 5 nitrogen and oxygen atoms in total. The second kappa shape index (κ2) is 7.22. The van der Waals surface area contributed by atoms with E-state index >= 15 is 0 Å². The molecule has 2 fully saturated rings. The number of β-amino-alcohol motifs (C(OH)–C–C–N with tert-alkyl or cyclic N) is 1. The van der Waals surface area contributed by atoms with Gasteiger partial charge in [-0.2, -0.15) is 0 Å². The molecular formula is C14H25NO4. The number of aliphatic hydroxyl groups excluding tert-OH is 1. The number of aliphatic hydroxyl groups is 1. The van der Waals surface area contributed by atoms with Gasteiger partial charge in [0.05, 0.1) is 19.8 Å². The molecule has 19 heavy (non-hydrogen) atoms. The lowest BCUT2D eigenvalue weighted by atomic mass is 9.99. The number of hydrogen-bond acceptors (Lipinski definition) is 5. The molecule has 0 bridgehead atoms. The van der Waals surface area contributed by atoms with E-state index in [0.29, 0.717) is 25.6 Å². The molecule has 0 aromatic heterocycles. The van der Waals surface area contributed by atoms with Gasteiger partial charge < -0.3 is 14.6 Å². The number of methoxy groups -OCH3 is 1. The Morgan fingerprint density at radius 2 is 2.21 bits per heavy atom. The second-order valence-electron chi connectivity index (χ2n) is 5.68.